The van der Waals surface area contributed by atoms with Crippen LogP contribution in [0.15, 0.2) is 144 Å². The van der Waals surface area contributed by atoms with Gasteiger partial charge in [0.2, 0.25) is 0 Å². The molecule has 12 rings (SSSR count). The minimum atomic E-state index is -1.19. The number of hydrogen-bond acceptors (Lipinski definition) is 16. The molecule has 324 valence electrons. The zero-order valence-electron chi connectivity index (χ0n) is 36.4. The Morgan fingerprint density at radius 1 is 0.657 bits per heavy atom. The molecule has 5 N–H and O–H groups in total. The van der Waals surface area contributed by atoms with Crippen molar-refractivity contribution in [3.05, 3.63) is 162 Å². The van der Waals surface area contributed by atoms with Crippen molar-refractivity contribution in [2.24, 2.45) is 20.8 Å². The minimum Gasteiger partial charge on any atom is -0.376 e. The summed E-state index contributed by atoms with van der Waals surface area (Å²) in [6.45, 7) is 2.78. The van der Waals surface area contributed by atoms with Crippen LogP contribution >= 0.6 is 0 Å². The standard InChI is InChI=1S/C50H39N17/c1-50(51)41-32(43(65-50)48-58-26-33-34(62-48)12-16-55-42(33)35-9-4-5-15-54-35)20-40(27-8-7-14-52-21-27)61-45(41)36-10-6-11-37(60-36)46-47-38(13-17-56-46)63-49(64-47)44-31-19-39(57-23-29(31)24-59-66-44)28-18-30(67(2)3)25-53-22-28/h4-23,25,59H,24,26,51H2,1-3H3,(H,58,62)(H,63,64). The maximum absolute atomic E-state index is 7.18. The molecular weight excluding hydrogens is 839 g/mol. The number of rotatable bonds is 8. The van der Waals surface area contributed by atoms with Crippen molar-refractivity contribution in [3.63, 3.8) is 0 Å². The SMILES string of the molecule is CN(C)c1cncc(-c2cc3c(cn2)CNN=C3c2nc3c(-c4cccc(-c5nc(-c6cccnc6)cc6c5C(C)(N)N=C6C5=NCc6c(ccnc6-c6ccccn6)N5)n4)nccc3[nH]2)c1. The van der Waals surface area contributed by atoms with Gasteiger partial charge in [0.1, 0.15) is 28.3 Å². The van der Waals surface area contributed by atoms with Crippen LogP contribution in [0.25, 0.3) is 67.7 Å². The lowest BCUT2D eigenvalue weighted by molar-refractivity contribution is 0.537. The van der Waals surface area contributed by atoms with Gasteiger partial charge in [0.15, 0.2) is 11.7 Å². The Kier molecular flexibility index (Phi) is 9.24. The van der Waals surface area contributed by atoms with Crippen LogP contribution in [-0.2, 0) is 18.8 Å². The number of H-pyrrole nitrogens is 1. The number of aromatic nitrogens is 10. The Hall–Kier alpha value is -8.96. The van der Waals surface area contributed by atoms with Crippen molar-refractivity contribution in [3.8, 4) is 56.7 Å². The highest BCUT2D eigenvalue weighted by Crippen LogP contribution is 2.41. The molecule has 12 heterocycles. The third-order valence-electron chi connectivity index (χ3n) is 12.0. The van der Waals surface area contributed by atoms with Gasteiger partial charge in [0.25, 0.3) is 0 Å². The number of fused-ring (bicyclic) bond motifs is 4. The highest BCUT2D eigenvalue weighted by atomic mass is 15.3. The number of anilines is 2. The molecule has 0 spiro atoms. The average molecular weight is 878 g/mol. The van der Waals surface area contributed by atoms with Gasteiger partial charge in [0.05, 0.1) is 70.3 Å². The van der Waals surface area contributed by atoms with Crippen molar-refractivity contribution in [2.45, 2.75) is 25.7 Å². The van der Waals surface area contributed by atoms with Crippen LogP contribution in [0.2, 0.25) is 0 Å². The predicted octanol–water partition coefficient (Wildman–Crippen LogP) is 6.94. The normalized spacial score (nSPS) is 15.9. The summed E-state index contributed by atoms with van der Waals surface area (Å²) in [5.41, 5.74) is 25.1. The Bertz CT molecular complexity index is 3540. The molecule has 17 heteroatoms. The van der Waals surface area contributed by atoms with Gasteiger partial charge in [-0.15, -0.1) is 0 Å². The van der Waals surface area contributed by atoms with Crippen LogP contribution in [0.1, 0.15) is 40.6 Å². The molecule has 0 bridgehead atoms. The zero-order valence-corrected chi connectivity index (χ0v) is 36.4. The second-order valence-corrected chi connectivity index (χ2v) is 16.7. The maximum Gasteiger partial charge on any atom is 0.159 e. The number of aromatic amines is 1. The van der Waals surface area contributed by atoms with E-state index < -0.39 is 5.66 Å². The first-order chi connectivity index (χ1) is 32.8. The Labute approximate surface area is 383 Å². The van der Waals surface area contributed by atoms with Gasteiger partial charge in [-0.3, -0.25) is 39.9 Å². The maximum atomic E-state index is 7.18. The highest BCUT2D eigenvalue weighted by Gasteiger charge is 2.40. The Morgan fingerprint density at radius 2 is 1.49 bits per heavy atom. The number of nitrogens with two attached hydrogens (primary N) is 1. The van der Waals surface area contributed by atoms with Gasteiger partial charge >= 0.3 is 0 Å². The van der Waals surface area contributed by atoms with Gasteiger partial charge < -0.3 is 26.4 Å². The average Bonchev–Trinajstić information content (AvgIpc) is 3.94. The number of nitrogens with zero attached hydrogens (tertiary/aromatic N) is 13. The second kappa shape index (κ2) is 15.6. The molecule has 9 aromatic rings. The van der Waals surface area contributed by atoms with Crippen molar-refractivity contribution < 1.29 is 0 Å². The zero-order chi connectivity index (χ0) is 45.2. The summed E-state index contributed by atoms with van der Waals surface area (Å²) in [5, 5.41) is 8.30. The lowest BCUT2D eigenvalue weighted by atomic mass is 9.93. The molecular formula is C50H39N17. The molecule has 0 saturated heterocycles. The van der Waals surface area contributed by atoms with E-state index in [1.54, 1.807) is 31.0 Å². The molecule has 0 amide bonds. The molecule has 0 saturated carbocycles. The lowest BCUT2D eigenvalue weighted by Crippen LogP contribution is -2.30. The van der Waals surface area contributed by atoms with E-state index in [-0.39, 0.29) is 0 Å². The number of nitrogens with one attached hydrogen (secondary N) is 3. The van der Waals surface area contributed by atoms with Crippen molar-refractivity contribution in [1.29, 1.82) is 0 Å². The second-order valence-electron chi connectivity index (χ2n) is 16.7. The third kappa shape index (κ3) is 6.92. The fraction of sp³-hybridized carbons (Fsp3) is 0.120. The van der Waals surface area contributed by atoms with Gasteiger partial charge in [-0.05, 0) is 73.7 Å². The van der Waals surface area contributed by atoms with Crippen LogP contribution in [0.4, 0.5) is 11.4 Å². The van der Waals surface area contributed by atoms with Crippen LogP contribution in [0, 0.1) is 0 Å². The molecule has 9 aromatic heterocycles. The quantitative estimate of drug-likeness (QED) is 0.122. The van der Waals surface area contributed by atoms with E-state index in [0.29, 0.717) is 75.7 Å². The summed E-state index contributed by atoms with van der Waals surface area (Å²) in [6.07, 6.45) is 14.3. The summed E-state index contributed by atoms with van der Waals surface area (Å²) in [7, 11) is 3.98. The van der Waals surface area contributed by atoms with Gasteiger partial charge in [0, 0.05) is 102 Å². The number of pyridine rings is 8. The van der Waals surface area contributed by atoms with E-state index in [0.717, 1.165) is 67.4 Å². The molecule has 67 heavy (non-hydrogen) atoms. The molecule has 0 radical (unpaired) electrons. The number of hydrazone groups is 1. The molecule has 3 aliphatic heterocycles. The van der Waals surface area contributed by atoms with Crippen LogP contribution < -0.4 is 21.4 Å². The molecule has 1 unspecified atom stereocenters. The molecule has 1 atom stereocenters. The monoisotopic (exact) mass is 877 g/mol. The first-order valence-electron chi connectivity index (χ1n) is 21.6. The third-order valence-corrected chi connectivity index (χ3v) is 12.0. The van der Waals surface area contributed by atoms with Crippen molar-refractivity contribution >= 4 is 39.7 Å². The van der Waals surface area contributed by atoms with E-state index in [9.17, 15) is 0 Å². The molecule has 0 aliphatic carbocycles. The van der Waals surface area contributed by atoms with Crippen LogP contribution in [0.3, 0.4) is 0 Å². The topological polar surface area (TPSA) is 222 Å². The van der Waals surface area contributed by atoms with Crippen molar-refractivity contribution in [2.75, 3.05) is 24.3 Å². The first kappa shape index (κ1) is 39.6. The molecule has 3 aliphatic rings. The van der Waals surface area contributed by atoms with E-state index >= 15 is 0 Å². The Balaban J connectivity index is 0.932. The summed E-state index contributed by atoms with van der Waals surface area (Å²) >= 11 is 0. The van der Waals surface area contributed by atoms with Crippen LogP contribution in [-0.4, -0.2) is 81.2 Å². The van der Waals surface area contributed by atoms with Crippen molar-refractivity contribution in [1.82, 2.24) is 55.3 Å². The molecule has 0 fully saturated rings. The largest absolute Gasteiger partial charge is 0.376 e. The number of aliphatic imine (C=N–C) groups is 2. The van der Waals surface area contributed by atoms with E-state index in [1.807, 2.05) is 117 Å². The highest BCUT2D eigenvalue weighted by molar-refractivity contribution is 6.52. The lowest BCUT2D eigenvalue weighted by Gasteiger charge is -2.21. The predicted molar refractivity (Wildman–Crippen MR) is 258 cm³/mol. The number of amidine groups is 1. The summed E-state index contributed by atoms with van der Waals surface area (Å²) in [4.78, 5) is 59.1. The van der Waals surface area contributed by atoms with Gasteiger partial charge in [-0.2, -0.15) is 5.10 Å². The fourth-order valence-corrected chi connectivity index (χ4v) is 8.77. The van der Waals surface area contributed by atoms with Gasteiger partial charge in [-0.25, -0.2) is 15.0 Å². The van der Waals surface area contributed by atoms with E-state index in [4.69, 9.17) is 45.7 Å². The molecule has 17 nitrogen and oxygen atoms in total. The Morgan fingerprint density at radius 3 is 2.34 bits per heavy atom. The fourth-order valence-electron chi connectivity index (χ4n) is 8.77. The van der Waals surface area contributed by atoms with Gasteiger partial charge in [-0.1, -0.05) is 12.1 Å². The number of hydrogen-bond donors (Lipinski definition) is 4. The first-order valence-corrected chi connectivity index (χ1v) is 21.6. The smallest absolute Gasteiger partial charge is 0.159 e. The van der Waals surface area contributed by atoms with E-state index in [2.05, 4.69) is 41.7 Å². The van der Waals surface area contributed by atoms with Crippen LogP contribution in [0.5, 0.6) is 0 Å². The summed E-state index contributed by atoms with van der Waals surface area (Å²) in [6, 6.07) is 25.4. The summed E-state index contributed by atoms with van der Waals surface area (Å²) < 4.78 is 0. The summed E-state index contributed by atoms with van der Waals surface area (Å²) in [5.74, 6) is 1.16. The minimum absolute atomic E-state index is 0.370. The number of imidazole rings is 1. The van der Waals surface area contributed by atoms with E-state index in [1.165, 1.54) is 0 Å². The molecule has 0 aromatic carbocycles.